The Bertz CT molecular complexity index is 640. The van der Waals surface area contributed by atoms with E-state index in [1.54, 1.807) is 26.0 Å². The van der Waals surface area contributed by atoms with Crippen molar-refractivity contribution in [1.82, 2.24) is 5.16 Å². The molecule has 1 N–H and O–H groups in total. The lowest BCUT2D eigenvalue weighted by molar-refractivity contribution is 0.430. The summed E-state index contributed by atoms with van der Waals surface area (Å²) >= 11 is 1.21. The van der Waals surface area contributed by atoms with Gasteiger partial charge in [0.1, 0.15) is 4.21 Å². The van der Waals surface area contributed by atoms with Crippen molar-refractivity contribution in [3.05, 3.63) is 28.3 Å². The van der Waals surface area contributed by atoms with Crippen LogP contribution in [0.4, 0.5) is 5.88 Å². The summed E-state index contributed by atoms with van der Waals surface area (Å²) in [5.41, 5.74) is 1.37. The van der Waals surface area contributed by atoms with Crippen molar-refractivity contribution in [2.75, 3.05) is 4.72 Å². The Morgan fingerprint density at radius 2 is 2.00 bits per heavy atom. The molecule has 0 unspecified atom stereocenters. The average Bonchev–Trinajstić information content (AvgIpc) is 2.80. The zero-order valence-corrected chi connectivity index (χ0v) is 11.3. The predicted octanol–water partition coefficient (Wildman–Crippen LogP) is 2.46. The maximum Gasteiger partial charge on any atom is 0.273 e. The monoisotopic (exact) mass is 272 g/mol. The Morgan fingerprint density at radius 3 is 2.47 bits per heavy atom. The second-order valence-electron chi connectivity index (χ2n) is 3.69. The van der Waals surface area contributed by atoms with E-state index in [4.69, 9.17) is 4.52 Å². The van der Waals surface area contributed by atoms with E-state index in [1.807, 2.05) is 6.92 Å². The summed E-state index contributed by atoms with van der Waals surface area (Å²) in [6.07, 6.45) is 0. The largest absolute Gasteiger partial charge is 0.337 e. The maximum absolute atomic E-state index is 12.0. The summed E-state index contributed by atoms with van der Waals surface area (Å²) in [5, 5.41) is 3.70. The molecular weight excluding hydrogens is 260 g/mol. The molecule has 0 aliphatic heterocycles. The fourth-order valence-electron chi connectivity index (χ4n) is 1.24. The van der Waals surface area contributed by atoms with E-state index in [0.717, 1.165) is 4.88 Å². The average molecular weight is 272 g/mol. The summed E-state index contributed by atoms with van der Waals surface area (Å²) in [6.45, 7) is 5.36. The fraction of sp³-hybridized carbons (Fsp3) is 0.300. The molecule has 7 heteroatoms. The molecule has 0 aliphatic carbocycles. The third-order valence-electron chi connectivity index (χ3n) is 2.36. The van der Waals surface area contributed by atoms with E-state index >= 15 is 0 Å². The van der Waals surface area contributed by atoms with Crippen molar-refractivity contribution in [2.24, 2.45) is 0 Å². The van der Waals surface area contributed by atoms with E-state index < -0.39 is 10.0 Å². The molecule has 0 atom stereocenters. The number of aromatic nitrogens is 1. The van der Waals surface area contributed by atoms with Crippen LogP contribution >= 0.6 is 11.3 Å². The summed E-state index contributed by atoms with van der Waals surface area (Å²) in [7, 11) is -3.57. The van der Waals surface area contributed by atoms with Crippen molar-refractivity contribution in [2.45, 2.75) is 25.0 Å². The highest BCUT2D eigenvalue weighted by Gasteiger charge is 2.20. The van der Waals surface area contributed by atoms with E-state index in [2.05, 4.69) is 9.88 Å². The molecule has 2 aromatic heterocycles. The van der Waals surface area contributed by atoms with Gasteiger partial charge in [-0.05, 0) is 32.9 Å². The van der Waals surface area contributed by atoms with Gasteiger partial charge in [0.25, 0.3) is 10.0 Å². The highest BCUT2D eigenvalue weighted by atomic mass is 32.2. The van der Waals surface area contributed by atoms with Gasteiger partial charge in [-0.25, -0.2) is 13.1 Å². The molecule has 0 aliphatic rings. The summed E-state index contributed by atoms with van der Waals surface area (Å²) in [5.74, 6) is 0.175. The summed E-state index contributed by atoms with van der Waals surface area (Å²) in [4.78, 5) is 0.941. The van der Waals surface area contributed by atoms with Gasteiger partial charge in [-0.1, -0.05) is 5.16 Å². The van der Waals surface area contributed by atoms with Crippen LogP contribution in [0.3, 0.4) is 0 Å². The van der Waals surface area contributed by atoms with Crippen molar-refractivity contribution in [3.63, 3.8) is 0 Å². The lowest BCUT2D eigenvalue weighted by Gasteiger charge is -2.02. The minimum Gasteiger partial charge on any atom is -0.337 e. The molecule has 0 amide bonds. The lowest BCUT2D eigenvalue weighted by atomic mass is 10.3. The fourth-order valence-corrected chi connectivity index (χ4v) is 3.57. The van der Waals surface area contributed by atoms with Crippen LogP contribution in [0.25, 0.3) is 0 Å². The van der Waals surface area contributed by atoms with E-state index in [-0.39, 0.29) is 10.1 Å². The van der Waals surface area contributed by atoms with Crippen LogP contribution in [-0.2, 0) is 10.0 Å². The topological polar surface area (TPSA) is 72.2 Å². The first-order valence-corrected chi connectivity index (χ1v) is 7.22. The molecule has 2 rings (SSSR count). The van der Waals surface area contributed by atoms with Crippen LogP contribution in [0.5, 0.6) is 0 Å². The highest BCUT2D eigenvalue weighted by Crippen LogP contribution is 2.25. The molecule has 17 heavy (non-hydrogen) atoms. The van der Waals surface area contributed by atoms with Gasteiger partial charge < -0.3 is 4.52 Å². The third kappa shape index (κ3) is 2.34. The van der Waals surface area contributed by atoms with E-state index in [0.29, 0.717) is 11.3 Å². The zero-order chi connectivity index (χ0) is 12.6. The van der Waals surface area contributed by atoms with Gasteiger partial charge >= 0.3 is 0 Å². The number of hydrogen-bond donors (Lipinski definition) is 1. The standard InChI is InChI=1S/C10H12N2O3S2/c1-6-4-5-9(16-6)17(13,14)12-10-7(2)8(3)11-15-10/h4-5,12H,1-3H3. The molecule has 0 saturated heterocycles. The van der Waals surface area contributed by atoms with Gasteiger partial charge in [0.2, 0.25) is 5.88 Å². The maximum atomic E-state index is 12.0. The Labute approximate surface area is 103 Å². The van der Waals surface area contributed by atoms with Crippen molar-refractivity contribution >= 4 is 27.2 Å². The SMILES string of the molecule is Cc1ccc(S(=O)(=O)Nc2onc(C)c2C)s1. The van der Waals surface area contributed by atoms with Gasteiger partial charge in [-0.3, -0.25) is 0 Å². The number of nitrogens with one attached hydrogen (secondary N) is 1. The number of rotatable bonds is 3. The molecule has 0 bridgehead atoms. The predicted molar refractivity (Wildman–Crippen MR) is 65.8 cm³/mol. The van der Waals surface area contributed by atoms with Crippen LogP contribution in [-0.4, -0.2) is 13.6 Å². The summed E-state index contributed by atoms with van der Waals surface area (Å²) < 4.78 is 31.6. The van der Waals surface area contributed by atoms with Gasteiger partial charge in [0.05, 0.1) is 5.69 Å². The number of aryl methyl sites for hydroxylation is 2. The molecule has 0 radical (unpaired) electrons. The molecule has 0 saturated carbocycles. The second-order valence-corrected chi connectivity index (χ2v) is 6.89. The van der Waals surface area contributed by atoms with Gasteiger partial charge in [0, 0.05) is 10.4 Å². The first kappa shape index (κ1) is 12.1. The minimum atomic E-state index is -3.57. The molecule has 2 heterocycles. The minimum absolute atomic E-state index is 0.175. The second kappa shape index (κ2) is 4.15. The normalized spacial score (nSPS) is 11.7. The van der Waals surface area contributed by atoms with Crippen molar-refractivity contribution in [3.8, 4) is 0 Å². The summed E-state index contributed by atoms with van der Waals surface area (Å²) in [6, 6.07) is 3.33. The first-order valence-electron chi connectivity index (χ1n) is 4.92. The Kier molecular flexibility index (Phi) is 2.96. The zero-order valence-electron chi connectivity index (χ0n) is 9.64. The quantitative estimate of drug-likeness (QED) is 0.931. The smallest absolute Gasteiger partial charge is 0.273 e. The first-order chi connectivity index (χ1) is 7.90. The Morgan fingerprint density at radius 1 is 1.29 bits per heavy atom. The highest BCUT2D eigenvalue weighted by molar-refractivity contribution is 7.94. The molecule has 92 valence electrons. The van der Waals surface area contributed by atoms with Gasteiger partial charge in [-0.2, -0.15) is 0 Å². The van der Waals surface area contributed by atoms with Crippen molar-refractivity contribution in [1.29, 1.82) is 0 Å². The Hall–Kier alpha value is -1.34. The molecule has 0 fully saturated rings. The van der Waals surface area contributed by atoms with Crippen LogP contribution in [0, 0.1) is 20.8 Å². The molecule has 0 aromatic carbocycles. The molecular formula is C10H12N2O3S2. The third-order valence-corrected chi connectivity index (χ3v) is 5.19. The van der Waals surface area contributed by atoms with Crippen LogP contribution in [0.1, 0.15) is 16.1 Å². The van der Waals surface area contributed by atoms with Gasteiger partial charge in [0.15, 0.2) is 0 Å². The van der Waals surface area contributed by atoms with Crippen LogP contribution in [0.15, 0.2) is 20.9 Å². The van der Waals surface area contributed by atoms with Crippen molar-refractivity contribution < 1.29 is 12.9 Å². The van der Waals surface area contributed by atoms with Gasteiger partial charge in [-0.15, -0.1) is 11.3 Å². The molecule has 0 spiro atoms. The molecule has 2 aromatic rings. The van der Waals surface area contributed by atoms with Crippen LogP contribution in [0.2, 0.25) is 0 Å². The number of anilines is 1. The number of sulfonamides is 1. The number of thiophene rings is 1. The van der Waals surface area contributed by atoms with E-state index in [1.165, 1.54) is 11.3 Å². The van der Waals surface area contributed by atoms with Crippen LogP contribution < -0.4 is 4.72 Å². The molecule has 5 nitrogen and oxygen atoms in total. The number of hydrogen-bond acceptors (Lipinski definition) is 5. The lowest BCUT2D eigenvalue weighted by Crippen LogP contribution is -2.11. The van der Waals surface area contributed by atoms with E-state index in [9.17, 15) is 8.42 Å². The number of nitrogens with zero attached hydrogens (tertiary/aromatic N) is 1. The Balaban J connectivity index is 2.33.